The van der Waals surface area contributed by atoms with Gasteiger partial charge < -0.3 is 19.5 Å². The first-order chi connectivity index (χ1) is 15.7. The number of aromatic nitrogens is 3. The second kappa shape index (κ2) is 8.61. The molecule has 32 heavy (non-hydrogen) atoms. The Morgan fingerprint density at radius 3 is 2.59 bits per heavy atom. The van der Waals surface area contributed by atoms with Crippen LogP contribution in [0.5, 0.6) is 5.75 Å². The highest BCUT2D eigenvalue weighted by Crippen LogP contribution is 2.44. The molecule has 0 unspecified atom stereocenters. The van der Waals surface area contributed by atoms with E-state index in [2.05, 4.69) is 30.8 Å². The number of ether oxygens (including phenoxy) is 1. The molecule has 1 aliphatic heterocycles. The molecule has 3 aromatic heterocycles. The number of hydrogen-bond acceptors (Lipinski definition) is 4. The van der Waals surface area contributed by atoms with Crippen LogP contribution in [0.15, 0.2) is 85.3 Å². The lowest BCUT2D eigenvalue weighted by molar-refractivity contribution is 0.414. The van der Waals surface area contributed by atoms with Gasteiger partial charge in [-0.1, -0.05) is 29.8 Å². The smallest absolute Gasteiger partial charge is 0.174 e. The van der Waals surface area contributed by atoms with E-state index in [1.165, 1.54) is 0 Å². The van der Waals surface area contributed by atoms with Crippen LogP contribution in [0.3, 0.4) is 0 Å². The highest BCUT2D eigenvalue weighted by Gasteiger charge is 2.43. The zero-order chi connectivity index (χ0) is 22.1. The first-order valence-electron chi connectivity index (χ1n) is 10.1. The Hall–Kier alpha value is -3.42. The topological polar surface area (TPSA) is 55.2 Å². The number of halogens is 1. The molecule has 4 heterocycles. The van der Waals surface area contributed by atoms with Crippen molar-refractivity contribution < 1.29 is 4.74 Å². The molecule has 1 fully saturated rings. The van der Waals surface area contributed by atoms with Gasteiger partial charge in [-0.05, 0) is 60.7 Å². The normalized spacial score (nSPS) is 17.9. The minimum atomic E-state index is -0.193. The maximum absolute atomic E-state index is 6.07. The lowest BCUT2D eigenvalue weighted by Crippen LogP contribution is -2.30. The highest BCUT2D eigenvalue weighted by molar-refractivity contribution is 7.80. The number of pyridine rings is 2. The lowest BCUT2D eigenvalue weighted by atomic mass is 10.0. The Labute approximate surface area is 196 Å². The van der Waals surface area contributed by atoms with Crippen molar-refractivity contribution in [3.63, 3.8) is 0 Å². The summed E-state index contributed by atoms with van der Waals surface area (Å²) in [5, 5.41) is 4.68. The van der Waals surface area contributed by atoms with Crippen LogP contribution in [0.2, 0.25) is 5.02 Å². The number of benzene rings is 1. The average molecular weight is 462 g/mol. The molecule has 5 rings (SSSR count). The van der Waals surface area contributed by atoms with Crippen molar-refractivity contribution in [3.8, 4) is 11.6 Å². The third-order valence-corrected chi connectivity index (χ3v) is 6.02. The summed E-state index contributed by atoms with van der Waals surface area (Å²) in [6.45, 7) is 0. The lowest BCUT2D eigenvalue weighted by Gasteiger charge is -2.29. The van der Waals surface area contributed by atoms with Crippen molar-refractivity contribution in [1.82, 2.24) is 19.9 Å². The minimum Gasteiger partial charge on any atom is -0.495 e. The summed E-state index contributed by atoms with van der Waals surface area (Å²) in [4.78, 5) is 11.2. The van der Waals surface area contributed by atoms with Gasteiger partial charge in [0.15, 0.2) is 5.11 Å². The van der Waals surface area contributed by atoms with Gasteiger partial charge in [0.2, 0.25) is 0 Å². The van der Waals surface area contributed by atoms with E-state index >= 15 is 0 Å². The maximum Gasteiger partial charge on any atom is 0.174 e. The van der Waals surface area contributed by atoms with Crippen molar-refractivity contribution in [1.29, 1.82) is 0 Å². The predicted molar refractivity (Wildman–Crippen MR) is 129 cm³/mol. The summed E-state index contributed by atoms with van der Waals surface area (Å²) in [5.41, 5.74) is 2.79. The van der Waals surface area contributed by atoms with Crippen molar-refractivity contribution in [2.75, 3.05) is 12.0 Å². The molecule has 6 nitrogen and oxygen atoms in total. The number of hydrogen-bond donors (Lipinski definition) is 1. The number of methoxy groups -OCH3 is 1. The molecule has 1 aliphatic rings. The maximum atomic E-state index is 6.07. The fourth-order valence-corrected chi connectivity index (χ4v) is 4.55. The average Bonchev–Trinajstić information content (AvgIpc) is 3.44. The Bertz CT molecular complexity index is 1240. The zero-order valence-electron chi connectivity index (χ0n) is 17.2. The van der Waals surface area contributed by atoms with Crippen LogP contribution >= 0.6 is 23.8 Å². The molecule has 2 atom stereocenters. The van der Waals surface area contributed by atoms with E-state index in [1.54, 1.807) is 19.5 Å². The Kier molecular flexibility index (Phi) is 5.51. The van der Waals surface area contributed by atoms with Crippen LogP contribution in [-0.2, 0) is 0 Å². The van der Waals surface area contributed by atoms with Crippen LogP contribution in [-0.4, -0.2) is 26.8 Å². The van der Waals surface area contributed by atoms with Gasteiger partial charge in [0.25, 0.3) is 0 Å². The van der Waals surface area contributed by atoms with Gasteiger partial charge in [0.05, 0.1) is 29.6 Å². The zero-order valence-corrected chi connectivity index (χ0v) is 18.8. The van der Waals surface area contributed by atoms with Crippen molar-refractivity contribution in [3.05, 3.63) is 102 Å². The number of thiocarbonyl (C=S) groups is 1. The van der Waals surface area contributed by atoms with E-state index in [0.717, 1.165) is 28.6 Å². The number of nitrogens with one attached hydrogen (secondary N) is 1. The Balaban J connectivity index is 1.68. The standard InChI is InChI=1S/C24H20ClN5OS/c1-31-20-10-3-2-8-18(20)30-23(22(28-24(30)32)17-7-4-5-13-26-17)19-9-6-14-29(19)21-12-11-16(25)15-27-21/h2-15,22-23H,1H3,(H,28,32)/t22-,23-/m1/s1. The van der Waals surface area contributed by atoms with Gasteiger partial charge in [-0.25, -0.2) is 4.98 Å². The summed E-state index contributed by atoms with van der Waals surface area (Å²) >= 11 is 11.9. The molecule has 0 saturated carbocycles. The number of anilines is 1. The summed E-state index contributed by atoms with van der Waals surface area (Å²) in [6, 6.07) is 21.2. The number of rotatable bonds is 5. The highest BCUT2D eigenvalue weighted by atomic mass is 35.5. The van der Waals surface area contributed by atoms with E-state index in [9.17, 15) is 0 Å². The summed E-state index contributed by atoms with van der Waals surface area (Å²) in [6.07, 6.45) is 5.43. The molecule has 1 aromatic carbocycles. The second-order valence-electron chi connectivity index (χ2n) is 7.31. The Morgan fingerprint density at radius 2 is 1.84 bits per heavy atom. The third kappa shape index (κ3) is 3.59. The van der Waals surface area contributed by atoms with E-state index in [-0.39, 0.29) is 12.1 Å². The van der Waals surface area contributed by atoms with Crippen LogP contribution in [0.4, 0.5) is 5.69 Å². The monoisotopic (exact) mass is 461 g/mol. The largest absolute Gasteiger partial charge is 0.495 e. The first kappa shape index (κ1) is 20.5. The number of para-hydroxylation sites is 2. The first-order valence-corrected chi connectivity index (χ1v) is 10.9. The molecule has 0 aliphatic carbocycles. The van der Waals surface area contributed by atoms with Crippen LogP contribution < -0.4 is 15.0 Å². The third-order valence-electron chi connectivity index (χ3n) is 5.48. The summed E-state index contributed by atoms with van der Waals surface area (Å²) < 4.78 is 7.71. The molecule has 0 spiro atoms. The van der Waals surface area contributed by atoms with Crippen molar-refractivity contribution >= 4 is 34.6 Å². The van der Waals surface area contributed by atoms with Crippen LogP contribution in [0.1, 0.15) is 23.5 Å². The van der Waals surface area contributed by atoms with E-state index < -0.39 is 0 Å². The predicted octanol–water partition coefficient (Wildman–Crippen LogP) is 5.11. The molecular weight excluding hydrogens is 442 g/mol. The molecule has 1 saturated heterocycles. The Morgan fingerprint density at radius 1 is 1.00 bits per heavy atom. The van der Waals surface area contributed by atoms with Crippen molar-refractivity contribution in [2.45, 2.75) is 12.1 Å². The SMILES string of the molecule is COc1ccccc1N1C(=S)N[C@H](c2ccccn2)[C@H]1c1cccn1-c1ccc(Cl)cn1. The van der Waals surface area contributed by atoms with Crippen LogP contribution in [0.25, 0.3) is 5.82 Å². The summed E-state index contributed by atoms with van der Waals surface area (Å²) in [7, 11) is 1.66. The fraction of sp³-hybridized carbons (Fsp3) is 0.125. The fourth-order valence-electron chi connectivity index (χ4n) is 4.10. The molecule has 0 radical (unpaired) electrons. The van der Waals surface area contributed by atoms with Gasteiger partial charge in [0.1, 0.15) is 17.6 Å². The van der Waals surface area contributed by atoms with Gasteiger partial charge in [-0.3, -0.25) is 4.98 Å². The molecule has 0 amide bonds. The number of nitrogens with zero attached hydrogens (tertiary/aromatic N) is 4. The minimum absolute atomic E-state index is 0.172. The van der Waals surface area contributed by atoms with Gasteiger partial charge in [0, 0.05) is 24.3 Å². The van der Waals surface area contributed by atoms with Gasteiger partial charge in [-0.2, -0.15) is 0 Å². The van der Waals surface area contributed by atoms with Gasteiger partial charge >= 0.3 is 0 Å². The molecule has 160 valence electrons. The van der Waals surface area contributed by atoms with E-state index in [0.29, 0.717) is 10.1 Å². The quantitative estimate of drug-likeness (QED) is 0.417. The van der Waals surface area contributed by atoms with Crippen molar-refractivity contribution in [2.24, 2.45) is 0 Å². The molecule has 1 N–H and O–H groups in total. The molecule has 0 bridgehead atoms. The van der Waals surface area contributed by atoms with Crippen LogP contribution in [0, 0.1) is 0 Å². The van der Waals surface area contributed by atoms with E-state index in [4.69, 9.17) is 28.6 Å². The molecule has 8 heteroatoms. The van der Waals surface area contributed by atoms with Gasteiger partial charge in [-0.15, -0.1) is 0 Å². The second-order valence-corrected chi connectivity index (χ2v) is 8.13. The summed E-state index contributed by atoms with van der Waals surface area (Å²) in [5.74, 6) is 1.51. The van der Waals surface area contributed by atoms with E-state index in [1.807, 2.05) is 66.9 Å². The molecular formula is C24H20ClN5OS. The molecule has 4 aromatic rings.